The van der Waals surface area contributed by atoms with Crippen molar-refractivity contribution in [3.05, 3.63) is 18.2 Å². The number of aliphatic carboxylic acids is 1. The Morgan fingerprint density at radius 3 is 2.03 bits per heavy atom. The zero-order valence-electron chi connectivity index (χ0n) is 16.7. The molecule has 0 aliphatic heterocycles. The number of carbonyl (C=O) groups excluding carboxylic acids is 3. The molecule has 1 aromatic rings. The Balaban J connectivity index is 2.92. The fourth-order valence-electron chi connectivity index (χ4n) is 2.32. The first kappa shape index (κ1) is 25.8. The second kappa shape index (κ2) is 12.4. The van der Waals surface area contributed by atoms with Gasteiger partial charge in [-0.05, 0) is 5.92 Å². The molecule has 13 heteroatoms. The van der Waals surface area contributed by atoms with Crippen LogP contribution < -0.4 is 21.7 Å². The molecule has 1 aromatic heterocycles. The topological polar surface area (TPSA) is 179 Å². The van der Waals surface area contributed by atoms with Crippen molar-refractivity contribution in [1.82, 2.24) is 25.9 Å². The molecular weight excluding hydrogens is 432 g/mol. The number of nitrogens with one attached hydrogen (secondary N) is 4. The van der Waals surface area contributed by atoms with Gasteiger partial charge < -0.3 is 31.8 Å². The van der Waals surface area contributed by atoms with Gasteiger partial charge in [0.05, 0.1) is 12.4 Å². The number of carboxylic acids is 1. The zero-order chi connectivity index (χ0) is 22.8. The maximum absolute atomic E-state index is 12.7. The number of carboxylic acid groups (broad SMARTS) is 1. The summed E-state index contributed by atoms with van der Waals surface area (Å²) in [5.41, 5.74) is 6.34. The molecule has 7 N–H and O–H groups in total. The first-order chi connectivity index (χ1) is 14.1. The lowest BCUT2D eigenvalue weighted by molar-refractivity contribution is -0.141. The number of nitrogens with zero attached hydrogens (tertiary/aromatic N) is 1. The van der Waals surface area contributed by atoms with Gasteiger partial charge in [0.1, 0.15) is 18.1 Å². The molecule has 0 saturated heterocycles. The van der Waals surface area contributed by atoms with Gasteiger partial charge in [-0.3, -0.25) is 14.4 Å². The van der Waals surface area contributed by atoms with Gasteiger partial charge in [0.15, 0.2) is 0 Å². The van der Waals surface area contributed by atoms with Crippen molar-refractivity contribution < 1.29 is 24.3 Å². The Bertz CT molecular complexity index is 730. The highest BCUT2D eigenvalue weighted by Gasteiger charge is 2.30. The number of imidazole rings is 1. The molecule has 0 aliphatic rings. The van der Waals surface area contributed by atoms with Crippen molar-refractivity contribution in [3.63, 3.8) is 0 Å². The average Bonchev–Trinajstić information content (AvgIpc) is 3.21. The summed E-state index contributed by atoms with van der Waals surface area (Å²) in [5, 5.41) is 16.5. The number of aromatic nitrogens is 2. The van der Waals surface area contributed by atoms with Crippen LogP contribution in [0, 0.1) is 5.92 Å². The summed E-state index contributed by atoms with van der Waals surface area (Å²) in [6, 6.07) is -4.21. The average molecular weight is 461 g/mol. The predicted molar refractivity (Wildman–Crippen MR) is 116 cm³/mol. The van der Waals surface area contributed by atoms with E-state index in [-0.39, 0.29) is 23.8 Å². The van der Waals surface area contributed by atoms with E-state index in [2.05, 4.69) is 51.2 Å². The van der Waals surface area contributed by atoms with Crippen LogP contribution in [0.5, 0.6) is 0 Å². The molecule has 0 radical (unpaired) electrons. The number of thiol groups is 2. The van der Waals surface area contributed by atoms with E-state index in [1.165, 1.54) is 12.5 Å². The minimum atomic E-state index is -1.26. The van der Waals surface area contributed by atoms with Gasteiger partial charge in [-0.15, -0.1) is 0 Å². The summed E-state index contributed by atoms with van der Waals surface area (Å²) in [6.07, 6.45) is 2.90. The number of hydrogen-bond acceptors (Lipinski definition) is 8. The van der Waals surface area contributed by atoms with Gasteiger partial charge >= 0.3 is 5.97 Å². The van der Waals surface area contributed by atoms with E-state index >= 15 is 0 Å². The maximum atomic E-state index is 12.7. The molecule has 0 aromatic carbocycles. The lowest BCUT2D eigenvalue weighted by Crippen LogP contribution is -2.58. The van der Waals surface area contributed by atoms with Crippen LogP contribution in [0.25, 0.3) is 0 Å². The summed E-state index contributed by atoms with van der Waals surface area (Å²) < 4.78 is 0. The maximum Gasteiger partial charge on any atom is 0.327 e. The molecule has 0 spiro atoms. The van der Waals surface area contributed by atoms with Crippen molar-refractivity contribution in [3.8, 4) is 0 Å². The Kier molecular flexibility index (Phi) is 10.7. The van der Waals surface area contributed by atoms with E-state index in [1.54, 1.807) is 13.8 Å². The fraction of sp³-hybridized carbons (Fsp3) is 0.588. The van der Waals surface area contributed by atoms with Crippen molar-refractivity contribution >= 4 is 48.9 Å². The quantitative estimate of drug-likeness (QED) is 0.172. The lowest BCUT2D eigenvalue weighted by Gasteiger charge is -2.24. The first-order valence-electron chi connectivity index (χ1n) is 9.19. The van der Waals surface area contributed by atoms with Crippen LogP contribution in [-0.4, -0.2) is 74.4 Å². The zero-order valence-corrected chi connectivity index (χ0v) is 18.5. The first-order valence-corrected chi connectivity index (χ1v) is 10.5. The highest BCUT2D eigenvalue weighted by atomic mass is 32.1. The molecule has 4 atom stereocenters. The van der Waals surface area contributed by atoms with Crippen molar-refractivity contribution in [2.75, 3.05) is 11.5 Å². The van der Waals surface area contributed by atoms with Crippen LogP contribution in [0.15, 0.2) is 12.5 Å². The molecule has 0 fully saturated rings. The van der Waals surface area contributed by atoms with E-state index in [1.807, 2.05) is 0 Å². The van der Waals surface area contributed by atoms with E-state index in [0.29, 0.717) is 5.69 Å². The van der Waals surface area contributed by atoms with Crippen LogP contribution in [0.4, 0.5) is 0 Å². The summed E-state index contributed by atoms with van der Waals surface area (Å²) in [4.78, 5) is 55.3. The minimum absolute atomic E-state index is 0.0230. The Labute approximate surface area is 185 Å². The molecule has 168 valence electrons. The van der Waals surface area contributed by atoms with Gasteiger partial charge in [0, 0.05) is 29.8 Å². The molecular formula is C17H28N6O5S2. The standard InChI is InChI=1S/C17H28N6O5S2/c1-8(2)13(18)16(26)22-11(5-29)15(25)21-10(3-9-4-19-7-20-9)14(24)23-12(6-30)17(27)28/h4,7-8,10-13,29-30H,3,5-6,18H2,1-2H3,(H,19,20)(H,21,25)(H,22,26)(H,23,24)(H,27,28). The molecule has 1 rings (SSSR count). The van der Waals surface area contributed by atoms with E-state index in [9.17, 15) is 19.2 Å². The molecule has 1 heterocycles. The Morgan fingerprint density at radius 1 is 1.03 bits per heavy atom. The fourth-order valence-corrected chi connectivity index (χ4v) is 2.82. The van der Waals surface area contributed by atoms with Gasteiger partial charge in [-0.25, -0.2) is 9.78 Å². The second-order valence-corrected chi connectivity index (χ2v) is 7.67. The highest BCUT2D eigenvalue weighted by Crippen LogP contribution is 2.03. The number of hydrogen-bond donors (Lipinski definition) is 8. The van der Waals surface area contributed by atoms with E-state index < -0.39 is 47.9 Å². The number of aromatic amines is 1. The van der Waals surface area contributed by atoms with Crippen LogP contribution in [0.2, 0.25) is 0 Å². The number of H-pyrrole nitrogens is 1. The molecule has 3 amide bonds. The highest BCUT2D eigenvalue weighted by molar-refractivity contribution is 7.80. The van der Waals surface area contributed by atoms with Gasteiger partial charge in [-0.2, -0.15) is 25.3 Å². The summed E-state index contributed by atoms with van der Waals surface area (Å²) in [5.74, 6) is -3.46. The van der Waals surface area contributed by atoms with Crippen LogP contribution in [-0.2, 0) is 25.6 Å². The van der Waals surface area contributed by atoms with Crippen LogP contribution in [0.3, 0.4) is 0 Å². The summed E-state index contributed by atoms with van der Waals surface area (Å²) in [7, 11) is 0. The number of nitrogens with two attached hydrogens (primary N) is 1. The van der Waals surface area contributed by atoms with Crippen molar-refractivity contribution in [1.29, 1.82) is 0 Å². The molecule has 11 nitrogen and oxygen atoms in total. The molecule has 0 bridgehead atoms. The lowest BCUT2D eigenvalue weighted by atomic mass is 10.0. The second-order valence-electron chi connectivity index (χ2n) is 6.94. The molecule has 30 heavy (non-hydrogen) atoms. The molecule has 0 aliphatic carbocycles. The SMILES string of the molecule is CC(C)C(N)C(=O)NC(CS)C(=O)NC(Cc1cnc[nH]1)C(=O)NC(CS)C(=O)O. The monoisotopic (exact) mass is 460 g/mol. The summed E-state index contributed by atoms with van der Waals surface area (Å²) >= 11 is 8.00. The number of carbonyl (C=O) groups is 4. The van der Waals surface area contributed by atoms with Crippen molar-refractivity contribution in [2.45, 2.75) is 44.4 Å². The van der Waals surface area contributed by atoms with E-state index in [4.69, 9.17) is 10.8 Å². The third-order valence-electron chi connectivity index (χ3n) is 4.25. The van der Waals surface area contributed by atoms with Crippen LogP contribution in [0.1, 0.15) is 19.5 Å². The third-order valence-corrected chi connectivity index (χ3v) is 4.98. The Morgan fingerprint density at radius 2 is 1.57 bits per heavy atom. The van der Waals surface area contributed by atoms with Crippen LogP contribution >= 0.6 is 25.3 Å². The normalized spacial score (nSPS) is 15.0. The predicted octanol–water partition coefficient (Wildman–Crippen LogP) is -1.67. The number of rotatable bonds is 12. The smallest absolute Gasteiger partial charge is 0.327 e. The molecule has 4 unspecified atom stereocenters. The molecule has 0 saturated carbocycles. The van der Waals surface area contributed by atoms with Gasteiger partial charge in [-0.1, -0.05) is 13.8 Å². The van der Waals surface area contributed by atoms with Gasteiger partial charge in [0.25, 0.3) is 0 Å². The number of amides is 3. The van der Waals surface area contributed by atoms with Gasteiger partial charge in [0.2, 0.25) is 17.7 Å². The minimum Gasteiger partial charge on any atom is -0.480 e. The van der Waals surface area contributed by atoms with Crippen molar-refractivity contribution in [2.24, 2.45) is 11.7 Å². The Hall–Kier alpha value is -2.25. The largest absolute Gasteiger partial charge is 0.480 e. The summed E-state index contributed by atoms with van der Waals surface area (Å²) in [6.45, 7) is 3.54. The van der Waals surface area contributed by atoms with E-state index in [0.717, 1.165) is 0 Å². The third kappa shape index (κ3) is 7.88.